The van der Waals surface area contributed by atoms with Crippen molar-refractivity contribution in [2.75, 3.05) is 40.3 Å². The van der Waals surface area contributed by atoms with E-state index in [2.05, 4.69) is 30.7 Å². The SMILES string of the molecule is CCCCCCCCCOC(=O)CCCCCCCN(CCCCCCCC(=O)OC(CCCCCCCC)CCCCCCCC)CCCCCC(=NC#N)N(C)C. The van der Waals surface area contributed by atoms with Crippen molar-refractivity contribution < 1.29 is 19.1 Å². The quantitative estimate of drug-likeness (QED) is 0.0198. The summed E-state index contributed by atoms with van der Waals surface area (Å²) in [6, 6.07) is 0. The number of rotatable bonds is 45. The van der Waals surface area contributed by atoms with E-state index < -0.39 is 0 Å². The van der Waals surface area contributed by atoms with Crippen LogP contribution in [-0.4, -0.2) is 74.0 Å². The monoisotopic (exact) mass is 831 g/mol. The fourth-order valence-electron chi connectivity index (χ4n) is 7.97. The van der Waals surface area contributed by atoms with Crippen molar-refractivity contribution in [3.63, 3.8) is 0 Å². The van der Waals surface area contributed by atoms with Crippen LogP contribution in [0.2, 0.25) is 0 Å². The van der Waals surface area contributed by atoms with Gasteiger partial charge in [-0.05, 0) is 90.3 Å². The lowest BCUT2D eigenvalue weighted by Crippen LogP contribution is -2.27. The molecular weight excluding hydrogens is 733 g/mol. The van der Waals surface area contributed by atoms with Gasteiger partial charge >= 0.3 is 11.9 Å². The number of nitriles is 1. The van der Waals surface area contributed by atoms with Gasteiger partial charge in [0.2, 0.25) is 6.19 Å². The van der Waals surface area contributed by atoms with Gasteiger partial charge in [-0.15, -0.1) is 0 Å². The maximum absolute atomic E-state index is 12.9. The number of nitrogens with zero attached hydrogens (tertiary/aromatic N) is 4. The minimum absolute atomic E-state index is 0.0217. The van der Waals surface area contributed by atoms with Gasteiger partial charge in [-0.25, -0.2) is 0 Å². The second kappa shape index (κ2) is 45.4. The Kier molecular flexibility index (Phi) is 43.7. The maximum atomic E-state index is 12.9. The van der Waals surface area contributed by atoms with Gasteiger partial charge in [-0.1, -0.05) is 168 Å². The van der Waals surface area contributed by atoms with Crippen LogP contribution < -0.4 is 0 Å². The molecule has 0 aliphatic rings. The van der Waals surface area contributed by atoms with E-state index in [1.807, 2.05) is 25.2 Å². The normalized spacial score (nSPS) is 11.7. The Morgan fingerprint density at radius 2 is 0.864 bits per heavy atom. The molecule has 0 rings (SSSR count). The molecule has 0 aromatic carbocycles. The van der Waals surface area contributed by atoms with Crippen LogP contribution in [0.5, 0.6) is 0 Å². The van der Waals surface area contributed by atoms with Crippen LogP contribution in [0.25, 0.3) is 0 Å². The molecule has 0 radical (unpaired) electrons. The lowest BCUT2D eigenvalue weighted by atomic mass is 10.0. The minimum atomic E-state index is -0.0232. The highest BCUT2D eigenvalue weighted by Gasteiger charge is 2.15. The molecule has 8 heteroatoms. The molecule has 0 spiro atoms. The third-order valence-electron chi connectivity index (χ3n) is 11.8. The van der Waals surface area contributed by atoms with E-state index >= 15 is 0 Å². The topological polar surface area (TPSA) is 95.2 Å². The lowest BCUT2D eigenvalue weighted by Gasteiger charge is -2.22. The number of ether oxygens (including phenoxy) is 2. The summed E-state index contributed by atoms with van der Waals surface area (Å²) in [5.41, 5.74) is 0. The van der Waals surface area contributed by atoms with Gasteiger partial charge < -0.3 is 19.3 Å². The largest absolute Gasteiger partial charge is 0.466 e. The van der Waals surface area contributed by atoms with Crippen molar-refractivity contribution in [3.05, 3.63) is 0 Å². The number of hydrogen-bond acceptors (Lipinski definition) is 7. The molecule has 0 heterocycles. The molecule has 59 heavy (non-hydrogen) atoms. The Morgan fingerprint density at radius 3 is 1.32 bits per heavy atom. The highest BCUT2D eigenvalue weighted by atomic mass is 16.5. The molecule has 0 bridgehead atoms. The fraction of sp³-hybridized carbons (Fsp3) is 0.922. The molecule has 0 aromatic rings. The number of hydrogen-bond donors (Lipinski definition) is 0. The number of carbonyl (C=O) groups excluding carboxylic acids is 2. The van der Waals surface area contributed by atoms with Gasteiger partial charge in [0, 0.05) is 33.4 Å². The smallest absolute Gasteiger partial charge is 0.306 e. The zero-order valence-corrected chi connectivity index (χ0v) is 40.0. The average Bonchev–Trinajstić information content (AvgIpc) is 3.22. The molecule has 0 aliphatic heterocycles. The van der Waals surface area contributed by atoms with Gasteiger partial charge in [0.25, 0.3) is 0 Å². The number of unbranched alkanes of at least 4 members (excludes halogenated alkanes) is 26. The molecule has 0 atom stereocenters. The van der Waals surface area contributed by atoms with Gasteiger partial charge in [0.05, 0.1) is 6.61 Å². The second-order valence-corrected chi connectivity index (χ2v) is 17.8. The molecule has 0 fully saturated rings. The predicted molar refractivity (Wildman–Crippen MR) is 252 cm³/mol. The molecule has 0 unspecified atom stereocenters. The molecule has 0 saturated carbocycles. The van der Waals surface area contributed by atoms with E-state index in [1.54, 1.807) is 0 Å². The fourth-order valence-corrected chi connectivity index (χ4v) is 7.97. The summed E-state index contributed by atoms with van der Waals surface area (Å²) in [6.45, 7) is 10.7. The first kappa shape index (κ1) is 56.9. The molecule has 0 aliphatic carbocycles. The van der Waals surface area contributed by atoms with Gasteiger partial charge in [0.1, 0.15) is 11.9 Å². The molecular formula is C51H98N4O4. The van der Waals surface area contributed by atoms with Crippen molar-refractivity contribution in [3.8, 4) is 6.19 Å². The summed E-state index contributed by atoms with van der Waals surface area (Å²) in [4.78, 5) is 33.6. The van der Waals surface area contributed by atoms with E-state index in [9.17, 15) is 9.59 Å². The van der Waals surface area contributed by atoms with Crippen LogP contribution in [0.3, 0.4) is 0 Å². The summed E-state index contributed by atoms with van der Waals surface area (Å²) in [5.74, 6) is 0.860. The average molecular weight is 831 g/mol. The van der Waals surface area contributed by atoms with Crippen LogP contribution in [0.1, 0.15) is 258 Å². The summed E-state index contributed by atoms with van der Waals surface area (Å²) in [5, 5.41) is 9.01. The lowest BCUT2D eigenvalue weighted by molar-refractivity contribution is -0.150. The van der Waals surface area contributed by atoms with Crippen molar-refractivity contribution in [1.82, 2.24) is 9.80 Å². The van der Waals surface area contributed by atoms with E-state index in [-0.39, 0.29) is 18.0 Å². The number of aliphatic imine (C=N–C) groups is 1. The van der Waals surface area contributed by atoms with Gasteiger partial charge in [-0.3, -0.25) is 9.59 Å². The third-order valence-corrected chi connectivity index (χ3v) is 11.8. The van der Waals surface area contributed by atoms with E-state index in [0.717, 1.165) is 96.1 Å². The van der Waals surface area contributed by atoms with Crippen molar-refractivity contribution in [1.29, 1.82) is 5.26 Å². The maximum Gasteiger partial charge on any atom is 0.306 e. The van der Waals surface area contributed by atoms with Gasteiger partial charge in [-0.2, -0.15) is 10.3 Å². The van der Waals surface area contributed by atoms with E-state index in [0.29, 0.717) is 19.4 Å². The van der Waals surface area contributed by atoms with E-state index in [4.69, 9.17) is 14.7 Å². The molecule has 0 aromatic heterocycles. The molecule has 0 amide bonds. The van der Waals surface area contributed by atoms with Crippen LogP contribution >= 0.6 is 0 Å². The first-order chi connectivity index (χ1) is 28.9. The summed E-state index contributed by atoms with van der Waals surface area (Å²) in [7, 11) is 3.91. The van der Waals surface area contributed by atoms with Gasteiger partial charge in [0.15, 0.2) is 0 Å². The second-order valence-electron chi connectivity index (χ2n) is 17.8. The number of amidine groups is 1. The number of carbonyl (C=O) groups is 2. The highest BCUT2D eigenvalue weighted by Crippen LogP contribution is 2.19. The zero-order chi connectivity index (χ0) is 43.3. The highest BCUT2D eigenvalue weighted by molar-refractivity contribution is 5.82. The Labute approximate surface area is 366 Å². The Hall–Kier alpha value is -2.14. The Morgan fingerprint density at radius 1 is 0.492 bits per heavy atom. The Balaban J connectivity index is 4.51. The van der Waals surface area contributed by atoms with Crippen molar-refractivity contribution >= 4 is 17.8 Å². The summed E-state index contributed by atoms with van der Waals surface area (Å²) >= 11 is 0. The van der Waals surface area contributed by atoms with Crippen molar-refractivity contribution in [2.24, 2.45) is 4.99 Å². The molecule has 0 N–H and O–H groups in total. The van der Waals surface area contributed by atoms with Crippen LogP contribution in [0.4, 0.5) is 0 Å². The minimum Gasteiger partial charge on any atom is -0.466 e. The number of esters is 2. The predicted octanol–water partition coefficient (Wildman–Crippen LogP) is 14.7. The van der Waals surface area contributed by atoms with Crippen LogP contribution in [-0.2, 0) is 19.1 Å². The van der Waals surface area contributed by atoms with E-state index in [1.165, 1.54) is 154 Å². The van der Waals surface area contributed by atoms with Crippen LogP contribution in [0.15, 0.2) is 4.99 Å². The van der Waals surface area contributed by atoms with Crippen molar-refractivity contribution in [2.45, 2.75) is 264 Å². The zero-order valence-electron chi connectivity index (χ0n) is 40.0. The summed E-state index contributed by atoms with van der Waals surface area (Å²) in [6.07, 6.45) is 44.7. The third kappa shape index (κ3) is 41.0. The standard InChI is InChI=1S/C51H98N4O4/c1-6-9-12-15-18-27-37-46-58-50(56)41-32-23-19-25-34-43-55(45-36-28-31-40-49(53-47-52)54(4)5)44-35-26-20-24-33-42-51(57)59-48(38-29-21-16-13-10-7-2)39-30-22-17-14-11-8-3/h48H,6-46H2,1-5H3. The van der Waals surface area contributed by atoms with Crippen LogP contribution in [0, 0.1) is 11.5 Å². The molecule has 8 nitrogen and oxygen atoms in total. The first-order valence-electron chi connectivity index (χ1n) is 25.6. The molecule has 346 valence electrons. The molecule has 0 saturated heterocycles. The Bertz CT molecular complexity index is 981. The first-order valence-corrected chi connectivity index (χ1v) is 25.6. The summed E-state index contributed by atoms with van der Waals surface area (Å²) < 4.78 is 11.5.